The van der Waals surface area contributed by atoms with Gasteiger partial charge in [0.25, 0.3) is 0 Å². The van der Waals surface area contributed by atoms with E-state index < -0.39 is 0 Å². The predicted octanol–water partition coefficient (Wildman–Crippen LogP) is -0.143. The maximum absolute atomic E-state index is 5.55. The van der Waals surface area contributed by atoms with Crippen LogP contribution in [0, 0.1) is 0 Å². The van der Waals surface area contributed by atoms with Crippen LogP contribution in [0.1, 0.15) is 12.8 Å². The number of methoxy groups -OCH3 is 6. The third kappa shape index (κ3) is 7.88. The molecule has 0 unspecified atom stereocenters. The standard InChI is InChI=1S/C18H39N3O6/c1-22-15(23-2)11-18(12-16(24-3)25-4)14-20-8-7-19-9-10-21(18)13-17(26-5)27-6/h15-17,19-20H,7-14H2,1-6H3. The van der Waals surface area contributed by atoms with Crippen LogP contribution < -0.4 is 10.6 Å². The van der Waals surface area contributed by atoms with Crippen LogP contribution in [-0.2, 0) is 28.4 Å². The van der Waals surface area contributed by atoms with Gasteiger partial charge in [0.2, 0.25) is 0 Å². The lowest BCUT2D eigenvalue weighted by atomic mass is 9.87. The smallest absolute Gasteiger partial charge is 0.169 e. The molecular formula is C18H39N3O6. The zero-order valence-electron chi connectivity index (χ0n) is 17.8. The lowest BCUT2D eigenvalue weighted by molar-refractivity contribution is -0.178. The van der Waals surface area contributed by atoms with Crippen LogP contribution in [0.25, 0.3) is 0 Å². The van der Waals surface area contributed by atoms with Crippen molar-refractivity contribution in [1.82, 2.24) is 15.5 Å². The summed E-state index contributed by atoms with van der Waals surface area (Å²) in [6.07, 6.45) is 0.270. The Hall–Kier alpha value is -0.360. The maximum Gasteiger partial charge on any atom is 0.169 e. The number of hydrogen-bond donors (Lipinski definition) is 2. The highest BCUT2D eigenvalue weighted by molar-refractivity contribution is 4.96. The van der Waals surface area contributed by atoms with E-state index in [9.17, 15) is 0 Å². The lowest BCUT2D eigenvalue weighted by Gasteiger charge is -2.47. The van der Waals surface area contributed by atoms with Crippen LogP contribution in [0.5, 0.6) is 0 Å². The predicted molar refractivity (Wildman–Crippen MR) is 103 cm³/mol. The molecule has 9 heteroatoms. The van der Waals surface area contributed by atoms with Gasteiger partial charge in [-0.2, -0.15) is 0 Å². The summed E-state index contributed by atoms with van der Waals surface area (Å²) in [6, 6.07) is 0. The Bertz CT molecular complexity index is 351. The van der Waals surface area contributed by atoms with Gasteiger partial charge < -0.3 is 39.1 Å². The summed E-state index contributed by atoms with van der Waals surface area (Å²) in [4.78, 5) is 2.37. The quantitative estimate of drug-likeness (QED) is 0.440. The Kier molecular flexibility index (Phi) is 12.6. The van der Waals surface area contributed by atoms with E-state index in [1.165, 1.54) is 0 Å². The Balaban J connectivity index is 3.23. The van der Waals surface area contributed by atoms with Crippen LogP contribution in [0.4, 0.5) is 0 Å². The lowest BCUT2D eigenvalue weighted by Crippen LogP contribution is -2.61. The van der Waals surface area contributed by atoms with Crippen molar-refractivity contribution in [1.29, 1.82) is 0 Å². The summed E-state index contributed by atoms with van der Waals surface area (Å²) in [6.45, 7) is 4.82. The Morgan fingerprint density at radius 3 is 1.67 bits per heavy atom. The van der Waals surface area contributed by atoms with Crippen molar-refractivity contribution in [3.05, 3.63) is 0 Å². The minimum Gasteiger partial charge on any atom is -0.356 e. The van der Waals surface area contributed by atoms with E-state index in [0.29, 0.717) is 19.4 Å². The molecule has 0 amide bonds. The highest BCUT2D eigenvalue weighted by Gasteiger charge is 2.42. The van der Waals surface area contributed by atoms with Crippen molar-refractivity contribution in [2.45, 2.75) is 37.3 Å². The van der Waals surface area contributed by atoms with Gasteiger partial charge in [0.05, 0.1) is 6.54 Å². The molecule has 0 aromatic rings. The molecule has 27 heavy (non-hydrogen) atoms. The van der Waals surface area contributed by atoms with Crippen LogP contribution in [0.15, 0.2) is 0 Å². The second-order valence-corrected chi connectivity index (χ2v) is 6.71. The molecule has 1 heterocycles. The molecule has 0 bridgehead atoms. The van der Waals surface area contributed by atoms with Crippen molar-refractivity contribution in [2.24, 2.45) is 0 Å². The molecule has 0 aliphatic carbocycles. The number of hydrogen-bond acceptors (Lipinski definition) is 9. The van der Waals surface area contributed by atoms with Crippen molar-refractivity contribution in [2.75, 3.05) is 81.9 Å². The van der Waals surface area contributed by atoms with Crippen molar-refractivity contribution < 1.29 is 28.4 Å². The van der Waals surface area contributed by atoms with E-state index in [1.807, 2.05) is 0 Å². The number of nitrogens with one attached hydrogen (secondary N) is 2. The molecule has 9 nitrogen and oxygen atoms in total. The Morgan fingerprint density at radius 2 is 1.19 bits per heavy atom. The van der Waals surface area contributed by atoms with Crippen LogP contribution >= 0.6 is 0 Å². The fourth-order valence-electron chi connectivity index (χ4n) is 3.53. The second kappa shape index (κ2) is 13.8. The zero-order chi connectivity index (χ0) is 20.1. The molecule has 2 N–H and O–H groups in total. The second-order valence-electron chi connectivity index (χ2n) is 6.71. The summed E-state index contributed by atoms with van der Waals surface area (Å²) in [7, 11) is 9.95. The maximum atomic E-state index is 5.55. The first-order valence-corrected chi connectivity index (χ1v) is 9.42. The molecule has 0 radical (unpaired) electrons. The monoisotopic (exact) mass is 393 g/mol. The topological polar surface area (TPSA) is 82.7 Å². The van der Waals surface area contributed by atoms with Gasteiger partial charge in [-0.25, -0.2) is 0 Å². The van der Waals surface area contributed by atoms with Crippen LogP contribution in [0.3, 0.4) is 0 Å². The molecule has 0 aromatic heterocycles. The number of nitrogens with zero attached hydrogens (tertiary/aromatic N) is 1. The molecular weight excluding hydrogens is 354 g/mol. The van der Waals surface area contributed by atoms with Gasteiger partial charge in [-0.05, 0) is 0 Å². The first-order valence-electron chi connectivity index (χ1n) is 9.42. The first kappa shape index (κ1) is 24.7. The van der Waals surface area contributed by atoms with E-state index in [0.717, 1.165) is 32.7 Å². The highest BCUT2D eigenvalue weighted by Crippen LogP contribution is 2.30. The molecule has 1 saturated heterocycles. The fourth-order valence-corrected chi connectivity index (χ4v) is 3.53. The normalized spacial score (nSPS) is 19.4. The number of rotatable bonds is 12. The fraction of sp³-hybridized carbons (Fsp3) is 1.00. The Labute approximate surface area is 163 Å². The molecule has 1 aliphatic heterocycles. The van der Waals surface area contributed by atoms with Gasteiger partial charge >= 0.3 is 0 Å². The van der Waals surface area contributed by atoms with E-state index in [2.05, 4.69) is 15.5 Å². The molecule has 162 valence electrons. The zero-order valence-corrected chi connectivity index (χ0v) is 17.8. The molecule has 1 rings (SSSR count). The van der Waals surface area contributed by atoms with Crippen molar-refractivity contribution in [3.8, 4) is 0 Å². The third-order valence-corrected chi connectivity index (χ3v) is 5.20. The Morgan fingerprint density at radius 1 is 0.704 bits per heavy atom. The molecule has 0 saturated carbocycles. The first-order chi connectivity index (χ1) is 13.1. The van der Waals surface area contributed by atoms with E-state index in [-0.39, 0.29) is 24.4 Å². The minimum absolute atomic E-state index is 0.336. The van der Waals surface area contributed by atoms with Gasteiger partial charge in [-0.15, -0.1) is 0 Å². The largest absolute Gasteiger partial charge is 0.356 e. The van der Waals surface area contributed by atoms with Crippen molar-refractivity contribution >= 4 is 0 Å². The van der Waals surface area contributed by atoms with Gasteiger partial charge in [0.1, 0.15) is 0 Å². The molecule has 1 fully saturated rings. The molecule has 0 spiro atoms. The van der Waals surface area contributed by atoms with Gasteiger partial charge in [-0.3, -0.25) is 4.90 Å². The molecule has 0 atom stereocenters. The summed E-state index contributed by atoms with van der Waals surface area (Å²) < 4.78 is 33.2. The van der Waals surface area contributed by atoms with E-state index in [1.54, 1.807) is 42.7 Å². The SMILES string of the molecule is COC(CN1CCNCCNCC1(CC(OC)OC)CC(OC)OC)OC. The summed E-state index contributed by atoms with van der Waals surface area (Å²) >= 11 is 0. The van der Waals surface area contributed by atoms with Gasteiger partial charge in [-0.1, -0.05) is 0 Å². The third-order valence-electron chi connectivity index (χ3n) is 5.20. The minimum atomic E-state index is -0.346. The summed E-state index contributed by atoms with van der Waals surface area (Å²) in [5, 5.41) is 7.01. The van der Waals surface area contributed by atoms with Gasteiger partial charge in [0, 0.05) is 93.8 Å². The van der Waals surface area contributed by atoms with Gasteiger partial charge in [0.15, 0.2) is 18.9 Å². The average Bonchev–Trinajstić information content (AvgIpc) is 2.79. The van der Waals surface area contributed by atoms with E-state index in [4.69, 9.17) is 28.4 Å². The summed E-state index contributed by atoms with van der Waals surface area (Å²) in [5.41, 5.74) is -0.339. The average molecular weight is 394 g/mol. The van der Waals surface area contributed by atoms with E-state index >= 15 is 0 Å². The molecule has 0 aromatic carbocycles. The number of ether oxygens (including phenoxy) is 6. The van der Waals surface area contributed by atoms with Crippen LogP contribution in [0.2, 0.25) is 0 Å². The van der Waals surface area contributed by atoms with Crippen molar-refractivity contribution in [3.63, 3.8) is 0 Å². The molecule has 1 aliphatic rings. The van der Waals surface area contributed by atoms with Crippen LogP contribution in [-0.4, -0.2) is 111 Å². The highest BCUT2D eigenvalue weighted by atomic mass is 16.7. The summed E-state index contributed by atoms with van der Waals surface area (Å²) in [5.74, 6) is 0.